The van der Waals surface area contributed by atoms with Gasteiger partial charge in [0, 0.05) is 23.2 Å². The quantitative estimate of drug-likeness (QED) is 0.858. The number of nitrogens with one attached hydrogen (secondary N) is 1. The molecule has 100 valence electrons. The summed E-state index contributed by atoms with van der Waals surface area (Å²) in [7, 11) is 0. The molecule has 1 saturated carbocycles. The van der Waals surface area contributed by atoms with Gasteiger partial charge in [-0.2, -0.15) is 0 Å². The predicted molar refractivity (Wildman–Crippen MR) is 74.2 cm³/mol. The summed E-state index contributed by atoms with van der Waals surface area (Å²) in [4.78, 5) is 0. The zero-order valence-corrected chi connectivity index (χ0v) is 11.8. The number of benzene rings is 1. The highest BCUT2D eigenvalue weighted by Gasteiger charge is 2.25. The van der Waals surface area contributed by atoms with E-state index in [1.54, 1.807) is 12.1 Å². The molecule has 1 fully saturated rings. The van der Waals surface area contributed by atoms with Crippen LogP contribution in [0.1, 0.15) is 38.7 Å². The molecular formula is C15H21ClFN. The van der Waals surface area contributed by atoms with Crippen LogP contribution in [0, 0.1) is 17.7 Å². The Morgan fingerprint density at radius 3 is 2.78 bits per heavy atom. The van der Waals surface area contributed by atoms with E-state index in [2.05, 4.69) is 19.2 Å². The normalized spacial score (nSPS) is 28.3. The van der Waals surface area contributed by atoms with E-state index >= 15 is 0 Å². The molecular weight excluding hydrogens is 249 g/mol. The van der Waals surface area contributed by atoms with Gasteiger partial charge in [0.25, 0.3) is 0 Å². The van der Waals surface area contributed by atoms with Crippen molar-refractivity contribution in [1.82, 2.24) is 5.32 Å². The molecule has 1 aromatic carbocycles. The molecule has 1 aliphatic rings. The van der Waals surface area contributed by atoms with E-state index in [0.717, 1.165) is 5.92 Å². The van der Waals surface area contributed by atoms with Crippen molar-refractivity contribution in [2.75, 3.05) is 0 Å². The average Bonchev–Trinajstić information content (AvgIpc) is 2.31. The van der Waals surface area contributed by atoms with Crippen LogP contribution in [0.4, 0.5) is 4.39 Å². The van der Waals surface area contributed by atoms with Crippen molar-refractivity contribution in [3.05, 3.63) is 34.6 Å². The maximum atomic E-state index is 13.6. The Balaban J connectivity index is 1.95. The van der Waals surface area contributed by atoms with Gasteiger partial charge in [-0.3, -0.25) is 0 Å². The minimum Gasteiger partial charge on any atom is -0.309 e. The van der Waals surface area contributed by atoms with Gasteiger partial charge in [0.2, 0.25) is 0 Å². The van der Waals surface area contributed by atoms with Crippen molar-refractivity contribution in [2.45, 2.75) is 45.7 Å². The van der Waals surface area contributed by atoms with E-state index in [1.807, 2.05) is 0 Å². The Labute approximate surface area is 114 Å². The third-order valence-corrected chi connectivity index (χ3v) is 4.39. The summed E-state index contributed by atoms with van der Waals surface area (Å²) in [5.41, 5.74) is 0.588. The van der Waals surface area contributed by atoms with Crippen molar-refractivity contribution in [1.29, 1.82) is 0 Å². The molecule has 0 heterocycles. The van der Waals surface area contributed by atoms with Gasteiger partial charge in [0.1, 0.15) is 5.82 Å². The first-order chi connectivity index (χ1) is 8.58. The zero-order chi connectivity index (χ0) is 13.1. The second kappa shape index (κ2) is 6.03. The Morgan fingerprint density at radius 2 is 2.11 bits per heavy atom. The van der Waals surface area contributed by atoms with Crippen molar-refractivity contribution < 1.29 is 4.39 Å². The van der Waals surface area contributed by atoms with Gasteiger partial charge >= 0.3 is 0 Å². The van der Waals surface area contributed by atoms with E-state index in [-0.39, 0.29) is 5.82 Å². The lowest BCUT2D eigenvalue weighted by Crippen LogP contribution is -2.38. The third-order valence-electron chi connectivity index (χ3n) is 4.03. The van der Waals surface area contributed by atoms with Gasteiger partial charge in [0.15, 0.2) is 0 Å². The summed E-state index contributed by atoms with van der Waals surface area (Å²) in [6, 6.07) is 5.34. The van der Waals surface area contributed by atoms with Crippen LogP contribution in [0.25, 0.3) is 0 Å². The molecule has 0 radical (unpaired) electrons. The molecule has 0 saturated heterocycles. The van der Waals surface area contributed by atoms with Crippen molar-refractivity contribution >= 4 is 11.6 Å². The third kappa shape index (κ3) is 3.24. The molecule has 3 heteroatoms. The van der Waals surface area contributed by atoms with E-state index < -0.39 is 0 Å². The van der Waals surface area contributed by atoms with Crippen LogP contribution >= 0.6 is 11.6 Å². The lowest BCUT2D eigenvalue weighted by Gasteiger charge is -2.33. The molecule has 2 rings (SSSR count). The molecule has 0 amide bonds. The van der Waals surface area contributed by atoms with Crippen molar-refractivity contribution in [3.63, 3.8) is 0 Å². The molecule has 1 N–H and O–H groups in total. The first-order valence-corrected chi connectivity index (χ1v) is 7.12. The summed E-state index contributed by atoms with van der Waals surface area (Å²) in [5, 5.41) is 3.98. The molecule has 3 unspecified atom stereocenters. The number of hydrogen-bond acceptors (Lipinski definition) is 1. The van der Waals surface area contributed by atoms with Crippen LogP contribution in [0.15, 0.2) is 18.2 Å². The minimum absolute atomic E-state index is 0.216. The Morgan fingerprint density at radius 1 is 1.33 bits per heavy atom. The lowest BCUT2D eigenvalue weighted by atomic mass is 9.80. The number of halogens is 2. The van der Waals surface area contributed by atoms with Crippen LogP contribution in [0.2, 0.25) is 5.02 Å². The molecule has 3 atom stereocenters. The fraction of sp³-hybridized carbons (Fsp3) is 0.600. The largest absolute Gasteiger partial charge is 0.309 e. The number of hydrogen-bond donors (Lipinski definition) is 1. The van der Waals surface area contributed by atoms with Crippen LogP contribution in [0.3, 0.4) is 0 Å². The standard InChI is InChI=1S/C15H21ClFN/c1-10-6-7-15(11(2)8-10)18-9-12-13(16)4-3-5-14(12)17/h3-5,10-11,15,18H,6-9H2,1-2H3. The summed E-state index contributed by atoms with van der Waals surface area (Å²) >= 11 is 6.03. The molecule has 0 aromatic heterocycles. The first-order valence-electron chi connectivity index (χ1n) is 6.74. The van der Waals surface area contributed by atoms with Crippen LogP contribution in [-0.2, 0) is 6.54 Å². The molecule has 0 bridgehead atoms. The Kier molecular flexibility index (Phi) is 4.63. The lowest BCUT2D eigenvalue weighted by molar-refractivity contribution is 0.226. The average molecular weight is 270 g/mol. The fourth-order valence-electron chi connectivity index (χ4n) is 2.90. The van der Waals surface area contributed by atoms with Crippen molar-refractivity contribution in [2.24, 2.45) is 11.8 Å². The van der Waals surface area contributed by atoms with E-state index in [9.17, 15) is 4.39 Å². The van der Waals surface area contributed by atoms with Gasteiger partial charge in [-0.05, 0) is 43.2 Å². The Bertz CT molecular complexity index is 387. The topological polar surface area (TPSA) is 12.0 Å². The van der Waals surface area contributed by atoms with Gasteiger partial charge in [-0.25, -0.2) is 4.39 Å². The molecule has 0 aliphatic heterocycles. The number of rotatable bonds is 3. The Hall–Kier alpha value is -0.600. The summed E-state index contributed by atoms with van der Waals surface area (Å²) in [5.74, 6) is 1.25. The molecule has 1 aliphatic carbocycles. The second-order valence-corrected chi connectivity index (χ2v) is 5.99. The highest BCUT2D eigenvalue weighted by atomic mass is 35.5. The monoisotopic (exact) mass is 269 g/mol. The fourth-order valence-corrected chi connectivity index (χ4v) is 3.13. The van der Waals surface area contributed by atoms with E-state index in [1.165, 1.54) is 25.3 Å². The molecule has 1 nitrogen and oxygen atoms in total. The highest BCUT2D eigenvalue weighted by molar-refractivity contribution is 6.31. The van der Waals surface area contributed by atoms with Crippen molar-refractivity contribution in [3.8, 4) is 0 Å². The summed E-state index contributed by atoms with van der Waals surface area (Å²) < 4.78 is 13.6. The summed E-state index contributed by atoms with van der Waals surface area (Å²) in [6.07, 6.45) is 3.68. The van der Waals surface area contributed by atoms with Gasteiger partial charge in [-0.15, -0.1) is 0 Å². The second-order valence-electron chi connectivity index (χ2n) is 5.58. The van der Waals surface area contributed by atoms with E-state index in [4.69, 9.17) is 11.6 Å². The van der Waals surface area contributed by atoms with Crippen LogP contribution < -0.4 is 5.32 Å². The smallest absolute Gasteiger partial charge is 0.129 e. The maximum absolute atomic E-state index is 13.6. The van der Waals surface area contributed by atoms with Gasteiger partial charge in [-0.1, -0.05) is 31.5 Å². The first kappa shape index (κ1) is 13.8. The SMILES string of the molecule is CC1CCC(NCc2c(F)cccc2Cl)C(C)C1. The highest BCUT2D eigenvalue weighted by Crippen LogP contribution is 2.29. The molecule has 18 heavy (non-hydrogen) atoms. The predicted octanol–water partition coefficient (Wildman–Crippen LogP) is 4.39. The van der Waals surface area contributed by atoms with Gasteiger partial charge in [0.05, 0.1) is 0 Å². The molecule has 1 aromatic rings. The van der Waals surface area contributed by atoms with Gasteiger partial charge < -0.3 is 5.32 Å². The summed E-state index contributed by atoms with van der Waals surface area (Å²) in [6.45, 7) is 5.10. The minimum atomic E-state index is -0.216. The van der Waals surface area contributed by atoms with Crippen LogP contribution in [0.5, 0.6) is 0 Å². The molecule has 0 spiro atoms. The van der Waals surface area contributed by atoms with E-state index in [0.29, 0.717) is 29.1 Å². The zero-order valence-electron chi connectivity index (χ0n) is 11.0. The van der Waals surface area contributed by atoms with Crippen LogP contribution in [-0.4, -0.2) is 6.04 Å². The maximum Gasteiger partial charge on any atom is 0.129 e.